The second-order valence-corrected chi connectivity index (χ2v) is 4.12. The lowest BCUT2D eigenvalue weighted by atomic mass is 10.1. The zero-order valence-corrected chi connectivity index (χ0v) is 10.8. The number of carboxylic acids is 1. The Morgan fingerprint density at radius 1 is 1.56 bits per heavy atom. The summed E-state index contributed by atoms with van der Waals surface area (Å²) in [5, 5.41) is 12.1. The zero-order valence-electron chi connectivity index (χ0n) is 10.8. The Balaban J connectivity index is 2.47. The summed E-state index contributed by atoms with van der Waals surface area (Å²) in [5.41, 5.74) is 0.943. The van der Waals surface area contributed by atoms with Gasteiger partial charge in [-0.05, 0) is 12.0 Å². The van der Waals surface area contributed by atoms with Crippen LogP contribution in [0.4, 0.5) is 0 Å². The smallest absolute Gasteiger partial charge is 0.320 e. The number of carbonyl (C=O) groups is 1. The predicted octanol–water partition coefficient (Wildman–Crippen LogP) is 1.82. The Hall–Kier alpha value is -1.62. The van der Waals surface area contributed by atoms with E-state index in [1.54, 1.807) is 19.4 Å². The van der Waals surface area contributed by atoms with Crippen molar-refractivity contribution in [2.75, 3.05) is 7.11 Å². The van der Waals surface area contributed by atoms with Crippen LogP contribution in [0.3, 0.4) is 0 Å². The van der Waals surface area contributed by atoms with Gasteiger partial charge >= 0.3 is 5.97 Å². The van der Waals surface area contributed by atoms with Gasteiger partial charge in [0.15, 0.2) is 0 Å². The molecule has 0 aliphatic carbocycles. The number of pyridine rings is 1. The van der Waals surface area contributed by atoms with E-state index in [-0.39, 0.29) is 0 Å². The van der Waals surface area contributed by atoms with Crippen molar-refractivity contribution in [1.29, 1.82) is 0 Å². The summed E-state index contributed by atoms with van der Waals surface area (Å²) in [6.07, 6.45) is 4.24. The molecule has 0 aromatic carbocycles. The van der Waals surface area contributed by atoms with Crippen LogP contribution >= 0.6 is 0 Å². The van der Waals surface area contributed by atoms with Crippen LogP contribution in [0.15, 0.2) is 18.3 Å². The van der Waals surface area contributed by atoms with Crippen LogP contribution in [0.1, 0.15) is 31.7 Å². The van der Waals surface area contributed by atoms with Gasteiger partial charge in [0.1, 0.15) is 6.04 Å². The Labute approximate surface area is 107 Å². The number of hydrogen-bond acceptors (Lipinski definition) is 4. The van der Waals surface area contributed by atoms with Crippen molar-refractivity contribution in [2.45, 2.75) is 38.8 Å². The first-order valence-electron chi connectivity index (χ1n) is 6.12. The first-order valence-corrected chi connectivity index (χ1v) is 6.12. The third kappa shape index (κ3) is 4.71. The van der Waals surface area contributed by atoms with Gasteiger partial charge in [0.25, 0.3) is 0 Å². The molecule has 18 heavy (non-hydrogen) atoms. The fourth-order valence-electron chi connectivity index (χ4n) is 1.60. The Kier molecular flexibility index (Phi) is 6.14. The molecular formula is C13H20N2O3. The van der Waals surface area contributed by atoms with Gasteiger partial charge in [-0.2, -0.15) is 0 Å². The van der Waals surface area contributed by atoms with E-state index < -0.39 is 12.0 Å². The molecule has 0 fully saturated rings. The summed E-state index contributed by atoms with van der Waals surface area (Å²) in [5.74, 6) is -0.246. The molecule has 0 bridgehead atoms. The van der Waals surface area contributed by atoms with Crippen LogP contribution in [-0.4, -0.2) is 29.2 Å². The second-order valence-electron chi connectivity index (χ2n) is 4.12. The average molecular weight is 252 g/mol. The number of rotatable bonds is 8. The van der Waals surface area contributed by atoms with Crippen molar-refractivity contribution in [3.05, 3.63) is 23.9 Å². The van der Waals surface area contributed by atoms with Gasteiger partial charge in [0.05, 0.1) is 7.11 Å². The lowest BCUT2D eigenvalue weighted by molar-refractivity contribution is -0.139. The maximum atomic E-state index is 11.0. The summed E-state index contributed by atoms with van der Waals surface area (Å²) < 4.78 is 4.96. The van der Waals surface area contributed by atoms with Gasteiger partial charge in [-0.15, -0.1) is 0 Å². The van der Waals surface area contributed by atoms with E-state index >= 15 is 0 Å². The molecule has 5 nitrogen and oxygen atoms in total. The molecule has 1 aromatic rings. The molecule has 1 heterocycles. The Bertz CT molecular complexity index is 365. The number of nitrogens with one attached hydrogen (secondary N) is 1. The van der Waals surface area contributed by atoms with Crippen LogP contribution < -0.4 is 10.1 Å². The largest absolute Gasteiger partial charge is 0.481 e. The van der Waals surface area contributed by atoms with Crippen molar-refractivity contribution in [3.63, 3.8) is 0 Å². The molecule has 0 amide bonds. The van der Waals surface area contributed by atoms with E-state index in [1.807, 2.05) is 13.0 Å². The molecule has 1 aromatic heterocycles. The van der Waals surface area contributed by atoms with Crippen LogP contribution in [-0.2, 0) is 11.3 Å². The standard InChI is InChI=1S/C13H20N2O3/c1-3-4-5-11(13(16)17)14-8-10-6-7-12(18-2)15-9-10/h6-7,9,11,14H,3-5,8H2,1-2H3,(H,16,17)/t11-/m0/s1. The molecule has 0 saturated heterocycles. The number of aromatic nitrogens is 1. The highest BCUT2D eigenvalue weighted by Crippen LogP contribution is 2.07. The van der Waals surface area contributed by atoms with Gasteiger partial charge in [-0.3, -0.25) is 4.79 Å². The van der Waals surface area contributed by atoms with Gasteiger partial charge in [0.2, 0.25) is 5.88 Å². The molecule has 0 saturated carbocycles. The molecule has 1 atom stereocenters. The van der Waals surface area contributed by atoms with Crippen molar-refractivity contribution in [3.8, 4) is 5.88 Å². The first-order chi connectivity index (χ1) is 8.67. The van der Waals surface area contributed by atoms with Crippen LogP contribution in [0.25, 0.3) is 0 Å². The number of carboxylic acid groups (broad SMARTS) is 1. The molecule has 100 valence electrons. The zero-order chi connectivity index (χ0) is 13.4. The van der Waals surface area contributed by atoms with Gasteiger partial charge in [0, 0.05) is 18.8 Å². The third-order valence-electron chi connectivity index (χ3n) is 2.70. The highest BCUT2D eigenvalue weighted by atomic mass is 16.5. The Morgan fingerprint density at radius 2 is 2.33 bits per heavy atom. The van der Waals surface area contributed by atoms with Crippen molar-refractivity contribution in [2.24, 2.45) is 0 Å². The number of hydrogen-bond donors (Lipinski definition) is 2. The van der Waals surface area contributed by atoms with E-state index in [0.717, 1.165) is 18.4 Å². The molecule has 0 aliphatic rings. The van der Waals surface area contributed by atoms with E-state index in [1.165, 1.54) is 0 Å². The normalized spacial score (nSPS) is 12.1. The fourth-order valence-corrected chi connectivity index (χ4v) is 1.60. The van der Waals surface area contributed by atoms with Crippen LogP contribution in [0.2, 0.25) is 0 Å². The minimum Gasteiger partial charge on any atom is -0.481 e. The molecule has 0 aliphatic heterocycles. The minimum atomic E-state index is -0.801. The van der Waals surface area contributed by atoms with Crippen molar-refractivity contribution < 1.29 is 14.6 Å². The summed E-state index contributed by atoms with van der Waals surface area (Å²) in [7, 11) is 1.56. The van der Waals surface area contributed by atoms with E-state index in [9.17, 15) is 4.79 Å². The maximum Gasteiger partial charge on any atom is 0.320 e. The first kappa shape index (κ1) is 14.4. The number of aliphatic carboxylic acids is 1. The molecule has 1 rings (SSSR count). The lowest BCUT2D eigenvalue weighted by Crippen LogP contribution is -2.36. The fraction of sp³-hybridized carbons (Fsp3) is 0.538. The molecule has 0 unspecified atom stereocenters. The topological polar surface area (TPSA) is 71.5 Å². The molecule has 2 N–H and O–H groups in total. The highest BCUT2D eigenvalue weighted by Gasteiger charge is 2.15. The Morgan fingerprint density at radius 3 is 2.83 bits per heavy atom. The summed E-state index contributed by atoms with van der Waals surface area (Å²) in [4.78, 5) is 15.1. The number of ether oxygens (including phenoxy) is 1. The SMILES string of the molecule is CCCC[C@H](NCc1ccc(OC)nc1)C(=O)O. The molecule has 5 heteroatoms. The molecular weight excluding hydrogens is 232 g/mol. The highest BCUT2D eigenvalue weighted by molar-refractivity contribution is 5.73. The van der Waals surface area contributed by atoms with Gasteiger partial charge in [-0.1, -0.05) is 25.8 Å². The average Bonchev–Trinajstić information content (AvgIpc) is 2.39. The molecule has 0 spiro atoms. The number of unbranched alkanes of at least 4 members (excludes halogenated alkanes) is 1. The summed E-state index contributed by atoms with van der Waals surface area (Å²) in [6.45, 7) is 2.55. The van der Waals surface area contributed by atoms with Crippen molar-refractivity contribution in [1.82, 2.24) is 10.3 Å². The minimum absolute atomic E-state index is 0.493. The lowest BCUT2D eigenvalue weighted by Gasteiger charge is -2.13. The third-order valence-corrected chi connectivity index (χ3v) is 2.70. The number of nitrogens with zero attached hydrogens (tertiary/aromatic N) is 1. The van der Waals surface area contributed by atoms with Crippen molar-refractivity contribution >= 4 is 5.97 Å². The van der Waals surface area contributed by atoms with Crippen LogP contribution in [0.5, 0.6) is 5.88 Å². The predicted molar refractivity (Wildman–Crippen MR) is 68.6 cm³/mol. The maximum absolute atomic E-state index is 11.0. The summed E-state index contributed by atoms with van der Waals surface area (Å²) >= 11 is 0. The van der Waals surface area contributed by atoms with Gasteiger partial charge < -0.3 is 15.2 Å². The van der Waals surface area contributed by atoms with Crippen LogP contribution in [0, 0.1) is 0 Å². The quantitative estimate of drug-likeness (QED) is 0.738. The number of methoxy groups -OCH3 is 1. The van der Waals surface area contributed by atoms with E-state index in [2.05, 4.69) is 10.3 Å². The van der Waals surface area contributed by atoms with E-state index in [4.69, 9.17) is 9.84 Å². The summed E-state index contributed by atoms with van der Waals surface area (Å²) in [6, 6.07) is 3.14. The molecule has 0 radical (unpaired) electrons. The second kappa shape index (κ2) is 7.66. The van der Waals surface area contributed by atoms with E-state index in [0.29, 0.717) is 18.8 Å². The van der Waals surface area contributed by atoms with Gasteiger partial charge in [-0.25, -0.2) is 4.98 Å². The monoisotopic (exact) mass is 252 g/mol.